The molecular formula is C17H18FNO2. The van der Waals surface area contributed by atoms with Gasteiger partial charge in [0.2, 0.25) is 0 Å². The van der Waals surface area contributed by atoms with Crippen molar-refractivity contribution in [2.24, 2.45) is 0 Å². The maximum Gasteiger partial charge on any atom is 0.165 e. The third kappa shape index (κ3) is 2.77. The summed E-state index contributed by atoms with van der Waals surface area (Å²) in [6, 6.07) is 12.8. The molecule has 0 heterocycles. The lowest BCUT2D eigenvalue weighted by atomic mass is 10.1. The molecule has 1 aliphatic rings. The molecule has 1 aliphatic carbocycles. The SMILES string of the molecule is COc1ccc(CN[C@H]2c3ccccc3C[C@H]2O)cc1F. The summed E-state index contributed by atoms with van der Waals surface area (Å²) in [4.78, 5) is 0. The fourth-order valence-corrected chi connectivity index (χ4v) is 2.87. The van der Waals surface area contributed by atoms with Crippen molar-refractivity contribution < 1.29 is 14.2 Å². The molecule has 0 fully saturated rings. The molecule has 0 aliphatic heterocycles. The summed E-state index contributed by atoms with van der Waals surface area (Å²) < 4.78 is 18.6. The summed E-state index contributed by atoms with van der Waals surface area (Å²) in [7, 11) is 1.45. The van der Waals surface area contributed by atoms with Gasteiger partial charge < -0.3 is 15.2 Å². The van der Waals surface area contributed by atoms with E-state index in [0.717, 1.165) is 11.1 Å². The van der Waals surface area contributed by atoms with E-state index in [1.54, 1.807) is 6.07 Å². The first-order chi connectivity index (χ1) is 10.2. The van der Waals surface area contributed by atoms with Crippen LogP contribution in [-0.2, 0) is 13.0 Å². The van der Waals surface area contributed by atoms with E-state index in [0.29, 0.717) is 13.0 Å². The van der Waals surface area contributed by atoms with Gasteiger partial charge in [0.15, 0.2) is 11.6 Å². The van der Waals surface area contributed by atoms with E-state index < -0.39 is 6.10 Å². The van der Waals surface area contributed by atoms with Crippen molar-refractivity contribution in [2.45, 2.75) is 25.1 Å². The van der Waals surface area contributed by atoms with Crippen LogP contribution in [0.1, 0.15) is 22.7 Å². The van der Waals surface area contributed by atoms with Crippen LogP contribution in [0.3, 0.4) is 0 Å². The van der Waals surface area contributed by atoms with Crippen molar-refractivity contribution >= 4 is 0 Å². The first-order valence-electron chi connectivity index (χ1n) is 7.00. The van der Waals surface area contributed by atoms with Gasteiger partial charge >= 0.3 is 0 Å². The van der Waals surface area contributed by atoms with Crippen molar-refractivity contribution in [1.29, 1.82) is 0 Å². The molecule has 0 radical (unpaired) electrons. The molecule has 4 heteroatoms. The van der Waals surface area contributed by atoms with Gasteiger partial charge in [-0.1, -0.05) is 30.3 Å². The molecule has 2 aromatic rings. The lowest BCUT2D eigenvalue weighted by Crippen LogP contribution is -2.28. The average molecular weight is 287 g/mol. The Morgan fingerprint density at radius 3 is 2.86 bits per heavy atom. The topological polar surface area (TPSA) is 41.5 Å². The third-order valence-corrected chi connectivity index (χ3v) is 3.95. The first kappa shape index (κ1) is 14.0. The second-order valence-electron chi connectivity index (χ2n) is 5.30. The number of aliphatic hydroxyl groups excluding tert-OH is 1. The fourth-order valence-electron chi connectivity index (χ4n) is 2.87. The summed E-state index contributed by atoms with van der Waals surface area (Å²) >= 11 is 0. The number of hydrogen-bond donors (Lipinski definition) is 2. The van der Waals surface area contributed by atoms with Gasteiger partial charge in [-0.2, -0.15) is 0 Å². The molecule has 0 unspecified atom stereocenters. The minimum Gasteiger partial charge on any atom is -0.494 e. The van der Waals surface area contributed by atoms with Crippen LogP contribution in [0.25, 0.3) is 0 Å². The van der Waals surface area contributed by atoms with Crippen LogP contribution in [0.4, 0.5) is 4.39 Å². The minimum absolute atomic E-state index is 0.105. The van der Waals surface area contributed by atoms with E-state index in [9.17, 15) is 9.50 Å². The maximum atomic E-state index is 13.7. The van der Waals surface area contributed by atoms with Crippen LogP contribution >= 0.6 is 0 Å². The summed E-state index contributed by atoms with van der Waals surface area (Å²) in [6.45, 7) is 0.497. The Kier molecular flexibility index (Phi) is 3.90. The predicted octanol–water partition coefficient (Wildman–Crippen LogP) is 2.58. The number of methoxy groups -OCH3 is 1. The second-order valence-corrected chi connectivity index (χ2v) is 5.30. The van der Waals surface area contributed by atoms with Gasteiger partial charge in [-0.3, -0.25) is 0 Å². The van der Waals surface area contributed by atoms with Gasteiger partial charge in [-0.25, -0.2) is 4.39 Å². The van der Waals surface area contributed by atoms with Gasteiger partial charge in [0.25, 0.3) is 0 Å². The number of halogens is 1. The highest BCUT2D eigenvalue weighted by atomic mass is 19.1. The number of rotatable bonds is 4. The van der Waals surface area contributed by atoms with E-state index in [1.807, 2.05) is 30.3 Å². The van der Waals surface area contributed by atoms with Gasteiger partial charge in [-0.05, 0) is 28.8 Å². The first-order valence-corrected chi connectivity index (χ1v) is 7.00. The van der Waals surface area contributed by atoms with E-state index in [4.69, 9.17) is 4.74 Å². The van der Waals surface area contributed by atoms with Crippen molar-refractivity contribution in [1.82, 2.24) is 5.32 Å². The molecule has 2 N–H and O–H groups in total. The molecular weight excluding hydrogens is 269 g/mol. The largest absolute Gasteiger partial charge is 0.494 e. The average Bonchev–Trinajstić information content (AvgIpc) is 2.81. The number of nitrogens with one attached hydrogen (secondary N) is 1. The zero-order valence-corrected chi connectivity index (χ0v) is 11.8. The Balaban J connectivity index is 1.72. The van der Waals surface area contributed by atoms with E-state index in [2.05, 4.69) is 5.32 Å². The quantitative estimate of drug-likeness (QED) is 0.908. The molecule has 2 atom stereocenters. The molecule has 0 saturated carbocycles. The van der Waals surface area contributed by atoms with Crippen LogP contribution in [0.5, 0.6) is 5.75 Å². The molecule has 3 nitrogen and oxygen atoms in total. The van der Waals surface area contributed by atoms with E-state index in [1.165, 1.54) is 18.7 Å². The van der Waals surface area contributed by atoms with Crippen molar-refractivity contribution in [3.05, 3.63) is 65.0 Å². The Hall–Kier alpha value is -1.91. The maximum absolute atomic E-state index is 13.7. The monoisotopic (exact) mass is 287 g/mol. The fraction of sp³-hybridized carbons (Fsp3) is 0.294. The predicted molar refractivity (Wildman–Crippen MR) is 78.7 cm³/mol. The molecule has 2 aromatic carbocycles. The third-order valence-electron chi connectivity index (χ3n) is 3.95. The highest BCUT2D eigenvalue weighted by Gasteiger charge is 2.30. The Bertz CT molecular complexity index is 644. The van der Waals surface area contributed by atoms with Gasteiger partial charge in [0.05, 0.1) is 19.3 Å². The summed E-state index contributed by atoms with van der Waals surface area (Å²) in [5, 5.41) is 13.5. The Labute approximate surface area is 123 Å². The normalized spacial score (nSPS) is 20.3. The summed E-state index contributed by atoms with van der Waals surface area (Å²) in [5.74, 6) is -0.130. The Morgan fingerprint density at radius 1 is 1.29 bits per heavy atom. The molecule has 0 spiro atoms. The summed E-state index contributed by atoms with van der Waals surface area (Å²) in [6.07, 6.45) is 0.218. The van der Waals surface area contributed by atoms with E-state index in [-0.39, 0.29) is 17.6 Å². The standard InChI is InChI=1S/C17H18FNO2/c1-21-16-7-6-11(8-14(16)18)10-19-17-13-5-3-2-4-12(13)9-15(17)20/h2-8,15,17,19-20H,9-10H2,1H3/t15-,17+/m1/s1. The lowest BCUT2D eigenvalue weighted by Gasteiger charge is -2.18. The lowest BCUT2D eigenvalue weighted by molar-refractivity contribution is 0.140. The van der Waals surface area contributed by atoms with Crippen molar-refractivity contribution in [2.75, 3.05) is 7.11 Å². The highest BCUT2D eigenvalue weighted by Crippen LogP contribution is 2.31. The van der Waals surface area contributed by atoms with E-state index >= 15 is 0 Å². The Morgan fingerprint density at radius 2 is 2.10 bits per heavy atom. The minimum atomic E-state index is -0.439. The summed E-state index contributed by atoms with van der Waals surface area (Å²) in [5.41, 5.74) is 3.12. The molecule has 110 valence electrons. The smallest absolute Gasteiger partial charge is 0.165 e. The second kappa shape index (κ2) is 5.84. The molecule has 0 saturated heterocycles. The van der Waals surface area contributed by atoms with Crippen LogP contribution in [-0.4, -0.2) is 18.3 Å². The molecule has 0 amide bonds. The molecule has 0 aromatic heterocycles. The van der Waals surface area contributed by atoms with Gasteiger partial charge in [0, 0.05) is 13.0 Å². The molecule has 3 rings (SSSR count). The van der Waals surface area contributed by atoms with Gasteiger partial charge in [0.1, 0.15) is 0 Å². The number of benzene rings is 2. The zero-order valence-electron chi connectivity index (χ0n) is 11.8. The van der Waals surface area contributed by atoms with Crippen LogP contribution in [0, 0.1) is 5.82 Å². The van der Waals surface area contributed by atoms with Crippen molar-refractivity contribution in [3.8, 4) is 5.75 Å². The number of ether oxygens (including phenoxy) is 1. The highest BCUT2D eigenvalue weighted by molar-refractivity contribution is 5.36. The molecule has 0 bridgehead atoms. The van der Waals surface area contributed by atoms with Crippen molar-refractivity contribution in [3.63, 3.8) is 0 Å². The van der Waals surface area contributed by atoms with Crippen LogP contribution < -0.4 is 10.1 Å². The van der Waals surface area contributed by atoms with Crippen LogP contribution in [0.2, 0.25) is 0 Å². The van der Waals surface area contributed by atoms with Crippen LogP contribution in [0.15, 0.2) is 42.5 Å². The number of aliphatic hydroxyl groups is 1. The zero-order chi connectivity index (χ0) is 14.8. The molecule has 21 heavy (non-hydrogen) atoms. The number of hydrogen-bond acceptors (Lipinski definition) is 3. The van der Waals surface area contributed by atoms with Gasteiger partial charge in [-0.15, -0.1) is 0 Å². The number of fused-ring (bicyclic) bond motifs is 1.